The summed E-state index contributed by atoms with van der Waals surface area (Å²) in [5.74, 6) is -1.05. The molecule has 0 spiro atoms. The van der Waals surface area contributed by atoms with E-state index in [0.717, 1.165) is 70.7 Å². The van der Waals surface area contributed by atoms with Gasteiger partial charge in [-0.3, -0.25) is 19.0 Å². The molecule has 8 aromatic rings. The van der Waals surface area contributed by atoms with Gasteiger partial charge in [0.2, 0.25) is 0 Å². The van der Waals surface area contributed by atoms with Crippen molar-refractivity contribution in [3.05, 3.63) is 142 Å². The van der Waals surface area contributed by atoms with Gasteiger partial charge in [-0.25, -0.2) is 9.36 Å². The summed E-state index contributed by atoms with van der Waals surface area (Å²) in [6.45, 7) is 10.1. The normalized spacial score (nSPS) is 15.7. The fraction of sp³-hybridized carbons (Fsp3) is 0.357. The Kier molecular flexibility index (Phi) is 15.8. The summed E-state index contributed by atoms with van der Waals surface area (Å²) in [5.41, 5.74) is 7.75. The highest BCUT2D eigenvalue weighted by Crippen LogP contribution is 2.38. The minimum Gasteiger partial charge on any atom is -0.370 e. The van der Waals surface area contributed by atoms with E-state index in [1.165, 1.54) is 0 Å². The van der Waals surface area contributed by atoms with Crippen molar-refractivity contribution in [1.29, 1.82) is 0 Å². The van der Waals surface area contributed by atoms with Gasteiger partial charge in [0.15, 0.2) is 0 Å². The standard InChI is InChI=1S/2C28H31F3N8O/c2*1-17-6-7-19(10-26(17)39-16-25(34-35-39)24-14-32-37(5)18(24)2)27(40)33-21-11-20(28(29,30)31)12-23(13-21)38-9-8-22(15-38)36(3)4/h2*6-7,10-14,16,22H,8-9,15H2,1-5H3,(H,33,40)/t2*22-/m10/s1. The zero-order chi connectivity index (χ0) is 57.5. The second-order valence-electron chi connectivity index (χ2n) is 20.8. The van der Waals surface area contributed by atoms with Gasteiger partial charge in [0.25, 0.3) is 11.8 Å². The maximum atomic E-state index is 13.8. The highest BCUT2D eigenvalue weighted by molar-refractivity contribution is 6.05. The average molecular weight is 1110 g/mol. The number of carbonyl (C=O) groups excluding carboxylic acids is 2. The number of anilines is 4. The monoisotopic (exact) mass is 1100 g/mol. The fourth-order valence-corrected chi connectivity index (χ4v) is 9.77. The summed E-state index contributed by atoms with van der Waals surface area (Å²) >= 11 is 0. The number of benzene rings is 4. The topological polar surface area (TPSA) is 168 Å². The smallest absolute Gasteiger partial charge is 0.370 e. The minimum atomic E-state index is -4.55. The number of hydrogen-bond donors (Lipinski definition) is 2. The lowest BCUT2D eigenvalue weighted by Crippen LogP contribution is -2.31. The highest BCUT2D eigenvalue weighted by atomic mass is 19.4. The van der Waals surface area contributed by atoms with Gasteiger partial charge < -0.3 is 30.2 Å². The Morgan fingerprint density at radius 3 is 1.27 bits per heavy atom. The van der Waals surface area contributed by atoms with E-state index >= 15 is 0 Å². The van der Waals surface area contributed by atoms with Gasteiger partial charge in [0.05, 0.1) is 47.3 Å². The van der Waals surface area contributed by atoms with E-state index in [0.29, 0.717) is 60.3 Å². The number of carbonyl (C=O) groups is 2. The Morgan fingerprint density at radius 1 is 0.562 bits per heavy atom. The van der Waals surface area contributed by atoms with Crippen molar-refractivity contribution in [1.82, 2.24) is 59.3 Å². The van der Waals surface area contributed by atoms with Crippen molar-refractivity contribution >= 4 is 34.6 Å². The van der Waals surface area contributed by atoms with Crippen LogP contribution in [0.1, 0.15) is 67.2 Å². The Bertz CT molecular complexity index is 3340. The minimum absolute atomic E-state index is 0.0837. The molecule has 2 atom stereocenters. The number of alkyl halides is 6. The number of halogens is 6. The molecule has 2 aliphatic heterocycles. The molecule has 0 unspecified atom stereocenters. The number of nitrogens with zero attached hydrogens (tertiary/aromatic N) is 14. The number of hydrogen-bond acceptors (Lipinski definition) is 12. The summed E-state index contributed by atoms with van der Waals surface area (Å²) in [6.07, 6.45) is -0.467. The number of likely N-dealkylation sites (N-methyl/N-ethyl adjacent to an activating group) is 2. The molecule has 420 valence electrons. The van der Waals surface area contributed by atoms with Gasteiger partial charge in [-0.05, 0) is 141 Å². The van der Waals surface area contributed by atoms with Crippen LogP contribution in [-0.2, 0) is 26.4 Å². The second kappa shape index (κ2) is 22.4. The summed E-state index contributed by atoms with van der Waals surface area (Å²) in [4.78, 5) is 34.5. The first kappa shape index (κ1) is 56.3. The second-order valence-corrected chi connectivity index (χ2v) is 20.8. The predicted octanol–water partition coefficient (Wildman–Crippen LogP) is 9.39. The van der Waals surface area contributed by atoms with Crippen LogP contribution in [0, 0.1) is 27.7 Å². The van der Waals surface area contributed by atoms with Crippen molar-refractivity contribution in [3.8, 4) is 33.9 Å². The third-order valence-electron chi connectivity index (χ3n) is 15.0. The molecular formula is C56H62F6N16O2. The molecule has 10 rings (SSSR count). The molecule has 0 aliphatic carbocycles. The molecule has 2 aliphatic rings. The van der Waals surface area contributed by atoms with Crippen LogP contribution in [0.5, 0.6) is 0 Å². The molecule has 18 nitrogen and oxygen atoms in total. The molecule has 2 N–H and O–H groups in total. The summed E-state index contributed by atoms with van der Waals surface area (Å²) < 4.78 is 89.3. The van der Waals surface area contributed by atoms with Crippen molar-refractivity contribution < 1.29 is 35.9 Å². The largest absolute Gasteiger partial charge is 0.416 e. The number of aromatic nitrogens is 10. The van der Waals surface area contributed by atoms with Crippen molar-refractivity contribution in [2.45, 2.75) is 65.0 Å². The van der Waals surface area contributed by atoms with E-state index in [4.69, 9.17) is 0 Å². The van der Waals surface area contributed by atoms with Crippen LogP contribution >= 0.6 is 0 Å². The van der Waals surface area contributed by atoms with Crippen molar-refractivity contribution in [3.63, 3.8) is 0 Å². The van der Waals surface area contributed by atoms with Gasteiger partial charge in [-0.15, -0.1) is 10.2 Å². The van der Waals surface area contributed by atoms with Crippen molar-refractivity contribution in [2.75, 3.05) is 74.8 Å². The van der Waals surface area contributed by atoms with Crippen LogP contribution in [0.25, 0.3) is 33.9 Å². The lowest BCUT2D eigenvalue weighted by molar-refractivity contribution is -0.138. The maximum absolute atomic E-state index is 13.8. The molecule has 4 aromatic carbocycles. The molecule has 80 heavy (non-hydrogen) atoms. The van der Waals surface area contributed by atoms with Crippen LogP contribution in [0.2, 0.25) is 0 Å². The van der Waals surface area contributed by atoms with Crippen LogP contribution < -0.4 is 20.4 Å². The van der Waals surface area contributed by atoms with Gasteiger partial charge in [0.1, 0.15) is 11.4 Å². The quantitative estimate of drug-likeness (QED) is 0.111. The highest BCUT2D eigenvalue weighted by Gasteiger charge is 2.35. The number of rotatable bonds is 12. The summed E-state index contributed by atoms with van der Waals surface area (Å²) in [7, 11) is 11.5. The molecule has 0 radical (unpaired) electrons. The maximum Gasteiger partial charge on any atom is 0.416 e. The number of amides is 2. The Hall–Kier alpha value is -8.38. The van der Waals surface area contributed by atoms with Crippen LogP contribution in [0.3, 0.4) is 0 Å². The summed E-state index contributed by atoms with van der Waals surface area (Å²) in [5, 5.41) is 30.8. The fourth-order valence-electron chi connectivity index (χ4n) is 9.77. The Labute approximate surface area is 458 Å². The van der Waals surface area contributed by atoms with Crippen molar-refractivity contribution in [2.24, 2.45) is 14.1 Å². The van der Waals surface area contributed by atoms with Gasteiger partial charge >= 0.3 is 12.4 Å². The molecule has 0 saturated carbocycles. The first-order chi connectivity index (χ1) is 37.8. The number of aryl methyl sites for hydroxylation is 4. The zero-order valence-corrected chi connectivity index (χ0v) is 46.0. The Morgan fingerprint density at radius 2 is 0.950 bits per heavy atom. The third-order valence-corrected chi connectivity index (χ3v) is 15.0. The average Bonchev–Trinajstić information content (AvgIpc) is 4.30. The van der Waals surface area contributed by atoms with E-state index < -0.39 is 35.3 Å². The third kappa shape index (κ3) is 12.2. The molecule has 2 amide bonds. The van der Waals surface area contributed by atoms with Gasteiger partial charge in [0, 0.05) is 109 Å². The summed E-state index contributed by atoms with van der Waals surface area (Å²) in [6, 6.07) is 18.0. The molecule has 2 fully saturated rings. The zero-order valence-electron chi connectivity index (χ0n) is 46.0. The molecule has 2 saturated heterocycles. The predicted molar refractivity (Wildman–Crippen MR) is 293 cm³/mol. The molecule has 24 heteroatoms. The lowest BCUT2D eigenvalue weighted by atomic mass is 10.1. The van der Waals surface area contributed by atoms with E-state index in [1.54, 1.807) is 92.0 Å². The molecule has 4 aromatic heterocycles. The first-order valence-corrected chi connectivity index (χ1v) is 25.8. The van der Waals surface area contributed by atoms with Crippen LogP contribution in [-0.4, -0.2) is 138 Å². The van der Waals surface area contributed by atoms with Gasteiger partial charge in [-0.2, -0.15) is 36.5 Å². The van der Waals surface area contributed by atoms with E-state index in [2.05, 4.69) is 51.3 Å². The van der Waals surface area contributed by atoms with Crippen LogP contribution in [0.4, 0.5) is 49.1 Å². The van der Waals surface area contributed by atoms with Gasteiger partial charge in [-0.1, -0.05) is 22.6 Å². The van der Waals surface area contributed by atoms with E-state index in [9.17, 15) is 35.9 Å². The SMILES string of the molecule is Cc1ccc(C(=O)Nc2cc(N3CC[C@@H](N(C)C)C3)cc(C(F)(F)F)c2)cc1-n1cc(-c2cnn(C)c2C)nn1.Cc1ccc(C(=O)Nc2cc(N3CC[C@H](N(C)C)C3)cc(C(F)(F)F)c2)cc1-n1cc(-c2cnn(C)c2C)nn1. The molecule has 0 bridgehead atoms. The molecule has 6 heterocycles. The lowest BCUT2D eigenvalue weighted by Gasteiger charge is -2.23. The van der Waals surface area contributed by atoms with E-state index in [-0.39, 0.29) is 34.6 Å². The number of nitrogens with one attached hydrogen (secondary N) is 2. The van der Waals surface area contributed by atoms with Crippen LogP contribution in [0.15, 0.2) is 97.6 Å². The van der Waals surface area contributed by atoms with E-state index in [1.807, 2.05) is 79.8 Å². The molecular weight excluding hydrogens is 1040 g/mol. The Balaban J connectivity index is 0.000000194. The first-order valence-electron chi connectivity index (χ1n) is 25.8.